The quantitative estimate of drug-likeness (QED) is 0.515. The molecular formula is C7H14O3. The van der Waals surface area contributed by atoms with Gasteiger partial charge < -0.3 is 14.9 Å². The molecule has 0 aliphatic carbocycles. The Morgan fingerprint density at radius 3 is 2.60 bits per heavy atom. The van der Waals surface area contributed by atoms with Crippen molar-refractivity contribution in [1.82, 2.24) is 0 Å². The van der Waals surface area contributed by atoms with Crippen LogP contribution in [-0.2, 0) is 4.74 Å². The maximum absolute atomic E-state index is 9.33. The number of hydrogen-bond donors (Lipinski definition) is 2. The number of hydrogen-bond acceptors (Lipinski definition) is 3. The third kappa shape index (κ3) is 1.94. The van der Waals surface area contributed by atoms with Gasteiger partial charge in [0, 0.05) is 6.42 Å². The van der Waals surface area contributed by atoms with Crippen molar-refractivity contribution in [3.63, 3.8) is 0 Å². The molecule has 3 atom stereocenters. The predicted octanol–water partition coefficient (Wildman–Crippen LogP) is 0.255. The minimum absolute atomic E-state index is 0.0428. The van der Waals surface area contributed by atoms with Crippen molar-refractivity contribution in [1.29, 1.82) is 0 Å². The van der Waals surface area contributed by atoms with E-state index >= 15 is 0 Å². The van der Waals surface area contributed by atoms with Crippen LogP contribution >= 0.6 is 0 Å². The van der Waals surface area contributed by atoms with Crippen LogP contribution in [0.15, 0.2) is 0 Å². The van der Waals surface area contributed by atoms with E-state index in [1.807, 2.05) is 6.92 Å². The van der Waals surface area contributed by atoms with Crippen LogP contribution in [0, 0.1) is 0 Å². The second-order valence-corrected chi connectivity index (χ2v) is 3.20. The lowest BCUT2D eigenvalue weighted by Gasteiger charge is -2.35. The molecule has 0 aromatic heterocycles. The monoisotopic (exact) mass is 146 g/mol. The largest absolute Gasteiger partial charge is 0.393 e. The van der Waals surface area contributed by atoms with Gasteiger partial charge in [-0.2, -0.15) is 0 Å². The Labute approximate surface area is 60.6 Å². The van der Waals surface area contributed by atoms with Gasteiger partial charge in [0.1, 0.15) is 0 Å². The number of rotatable bonds is 0. The Morgan fingerprint density at radius 2 is 2.20 bits per heavy atom. The molecule has 0 aromatic carbocycles. The van der Waals surface area contributed by atoms with Gasteiger partial charge in [0.25, 0.3) is 0 Å². The summed E-state index contributed by atoms with van der Waals surface area (Å²) in [5.41, 5.74) is 0. The van der Waals surface area contributed by atoms with Gasteiger partial charge in [0.2, 0.25) is 0 Å². The zero-order valence-corrected chi connectivity index (χ0v) is 6.37. The zero-order chi connectivity index (χ0) is 7.78. The first-order valence-electron chi connectivity index (χ1n) is 3.58. The second kappa shape index (κ2) is 2.49. The van der Waals surface area contributed by atoms with Gasteiger partial charge in [-0.1, -0.05) is 0 Å². The molecule has 0 spiro atoms. The molecular weight excluding hydrogens is 132 g/mol. The molecule has 10 heavy (non-hydrogen) atoms. The Bertz CT molecular complexity index is 110. The zero-order valence-electron chi connectivity index (χ0n) is 6.37. The van der Waals surface area contributed by atoms with E-state index < -0.39 is 11.9 Å². The summed E-state index contributed by atoms with van der Waals surface area (Å²) in [7, 11) is 0. The molecule has 1 heterocycles. The van der Waals surface area contributed by atoms with Crippen LogP contribution < -0.4 is 0 Å². The lowest BCUT2D eigenvalue weighted by atomic mass is 10.0. The van der Waals surface area contributed by atoms with E-state index in [-0.39, 0.29) is 6.10 Å². The molecule has 3 unspecified atom stereocenters. The highest BCUT2D eigenvalue weighted by molar-refractivity contribution is 4.76. The Kier molecular flexibility index (Phi) is 1.99. The summed E-state index contributed by atoms with van der Waals surface area (Å²) in [6.07, 6.45) is 0.477. The van der Waals surface area contributed by atoms with E-state index in [2.05, 4.69) is 0 Å². The first kappa shape index (κ1) is 7.98. The van der Waals surface area contributed by atoms with Crippen LogP contribution in [0.5, 0.6) is 0 Å². The molecule has 0 aromatic rings. The molecule has 1 rings (SSSR count). The molecule has 1 aliphatic rings. The highest BCUT2D eigenvalue weighted by Gasteiger charge is 2.33. The Balaban J connectivity index is 2.51. The molecule has 60 valence electrons. The van der Waals surface area contributed by atoms with Gasteiger partial charge in [-0.05, 0) is 20.3 Å². The fourth-order valence-electron chi connectivity index (χ4n) is 1.43. The molecule has 0 saturated carbocycles. The average Bonchev–Trinajstić information content (AvgIpc) is 1.54. The summed E-state index contributed by atoms with van der Waals surface area (Å²) >= 11 is 0. The van der Waals surface area contributed by atoms with Gasteiger partial charge in [-0.25, -0.2) is 0 Å². The molecule has 1 saturated heterocycles. The highest BCUT2D eigenvalue weighted by atomic mass is 16.6. The predicted molar refractivity (Wildman–Crippen MR) is 36.4 cm³/mol. The fraction of sp³-hybridized carbons (Fsp3) is 1.00. The molecule has 0 radical (unpaired) electrons. The van der Waals surface area contributed by atoms with Gasteiger partial charge in [-0.15, -0.1) is 0 Å². The summed E-state index contributed by atoms with van der Waals surface area (Å²) in [6, 6.07) is 0. The summed E-state index contributed by atoms with van der Waals surface area (Å²) in [5.74, 6) is -1.13. The third-order valence-electron chi connectivity index (χ3n) is 1.67. The van der Waals surface area contributed by atoms with Crippen molar-refractivity contribution in [3.8, 4) is 0 Å². The van der Waals surface area contributed by atoms with Crippen LogP contribution in [0.2, 0.25) is 0 Å². The molecule has 2 N–H and O–H groups in total. The van der Waals surface area contributed by atoms with Crippen LogP contribution in [0.25, 0.3) is 0 Å². The van der Waals surface area contributed by atoms with Gasteiger partial charge >= 0.3 is 0 Å². The normalized spacial score (nSPS) is 49.2. The van der Waals surface area contributed by atoms with Crippen molar-refractivity contribution < 1.29 is 14.9 Å². The summed E-state index contributed by atoms with van der Waals surface area (Å²) < 4.78 is 5.14. The third-order valence-corrected chi connectivity index (χ3v) is 1.67. The standard InChI is InChI=1S/C7H14O3/c1-5-3-6(8)4-7(2,9)10-5/h5-6,8-9H,3-4H2,1-2H3. The van der Waals surface area contributed by atoms with Crippen LogP contribution in [-0.4, -0.2) is 28.2 Å². The van der Waals surface area contributed by atoms with E-state index in [1.165, 1.54) is 0 Å². The SMILES string of the molecule is CC1CC(O)CC(C)(O)O1. The van der Waals surface area contributed by atoms with E-state index in [0.29, 0.717) is 12.8 Å². The van der Waals surface area contributed by atoms with E-state index in [9.17, 15) is 10.2 Å². The van der Waals surface area contributed by atoms with Gasteiger partial charge in [-0.3, -0.25) is 0 Å². The smallest absolute Gasteiger partial charge is 0.165 e. The minimum Gasteiger partial charge on any atom is -0.393 e. The van der Waals surface area contributed by atoms with E-state index in [0.717, 1.165) is 0 Å². The van der Waals surface area contributed by atoms with E-state index in [1.54, 1.807) is 6.92 Å². The first-order chi connectivity index (χ1) is 4.49. The van der Waals surface area contributed by atoms with E-state index in [4.69, 9.17) is 4.74 Å². The minimum atomic E-state index is -1.13. The Hall–Kier alpha value is -0.120. The summed E-state index contributed by atoms with van der Waals surface area (Å²) in [4.78, 5) is 0. The van der Waals surface area contributed by atoms with Crippen molar-refractivity contribution >= 4 is 0 Å². The van der Waals surface area contributed by atoms with Crippen LogP contribution in [0.4, 0.5) is 0 Å². The van der Waals surface area contributed by atoms with Crippen molar-refractivity contribution in [2.75, 3.05) is 0 Å². The number of aliphatic hydroxyl groups is 2. The van der Waals surface area contributed by atoms with Crippen molar-refractivity contribution in [3.05, 3.63) is 0 Å². The molecule has 1 fully saturated rings. The van der Waals surface area contributed by atoms with Gasteiger partial charge in [0.05, 0.1) is 12.2 Å². The second-order valence-electron chi connectivity index (χ2n) is 3.20. The molecule has 0 amide bonds. The maximum atomic E-state index is 9.33. The lowest BCUT2D eigenvalue weighted by Crippen LogP contribution is -2.42. The molecule has 1 aliphatic heterocycles. The van der Waals surface area contributed by atoms with Crippen LogP contribution in [0.1, 0.15) is 26.7 Å². The Morgan fingerprint density at radius 1 is 1.60 bits per heavy atom. The molecule has 0 bridgehead atoms. The topological polar surface area (TPSA) is 49.7 Å². The lowest BCUT2D eigenvalue weighted by molar-refractivity contribution is -0.256. The maximum Gasteiger partial charge on any atom is 0.165 e. The molecule has 3 nitrogen and oxygen atoms in total. The summed E-state index contributed by atoms with van der Waals surface area (Å²) in [6.45, 7) is 3.42. The fourth-order valence-corrected chi connectivity index (χ4v) is 1.43. The van der Waals surface area contributed by atoms with Crippen molar-refractivity contribution in [2.45, 2.75) is 44.7 Å². The van der Waals surface area contributed by atoms with Crippen molar-refractivity contribution in [2.24, 2.45) is 0 Å². The number of ether oxygens (including phenoxy) is 1. The number of aliphatic hydroxyl groups excluding tert-OH is 1. The summed E-state index contributed by atoms with van der Waals surface area (Å²) in [5, 5.41) is 18.5. The first-order valence-corrected chi connectivity index (χ1v) is 3.58. The highest BCUT2D eigenvalue weighted by Crippen LogP contribution is 2.25. The van der Waals surface area contributed by atoms with Gasteiger partial charge in [0.15, 0.2) is 5.79 Å². The van der Waals surface area contributed by atoms with Crippen LogP contribution in [0.3, 0.4) is 0 Å². The molecule has 3 heteroatoms. The average molecular weight is 146 g/mol.